The van der Waals surface area contributed by atoms with Gasteiger partial charge in [-0.15, -0.1) is 0 Å². The molecule has 0 aliphatic rings. The van der Waals surface area contributed by atoms with Gasteiger partial charge in [-0.3, -0.25) is 20.4 Å². The van der Waals surface area contributed by atoms with E-state index in [0.717, 1.165) is 15.6 Å². The number of aryl methyl sites for hydroxylation is 2. The van der Waals surface area contributed by atoms with E-state index >= 15 is 0 Å². The summed E-state index contributed by atoms with van der Waals surface area (Å²) in [4.78, 5) is 24.1. The summed E-state index contributed by atoms with van der Waals surface area (Å²) in [5.41, 5.74) is 6.66. The van der Waals surface area contributed by atoms with Gasteiger partial charge in [-0.2, -0.15) is 0 Å². The molecule has 2 aromatic carbocycles. The number of carbonyl (C=O) groups is 2. The molecule has 0 aliphatic heterocycles. The topological polar surface area (TPSA) is 76.7 Å². The van der Waals surface area contributed by atoms with Crippen LogP contribution in [0.2, 0.25) is 0 Å². The predicted molar refractivity (Wildman–Crippen MR) is 107 cm³/mol. The number of amides is 2. The number of halogens is 1. The molecule has 2 amide bonds. The van der Waals surface area contributed by atoms with Crippen LogP contribution in [0.3, 0.4) is 0 Å². The van der Waals surface area contributed by atoms with Gasteiger partial charge < -0.3 is 9.47 Å². The third kappa shape index (κ3) is 6.60. The maximum absolute atomic E-state index is 12.2. The van der Waals surface area contributed by atoms with Crippen LogP contribution in [0.25, 0.3) is 0 Å². The van der Waals surface area contributed by atoms with E-state index in [1.54, 1.807) is 12.1 Å². The number of hydrogen-bond acceptors (Lipinski definition) is 4. The molecular weight excluding hydrogens is 412 g/mol. The monoisotopic (exact) mass is 434 g/mol. The van der Waals surface area contributed by atoms with Crippen molar-refractivity contribution in [3.05, 3.63) is 58.1 Å². The molecule has 0 bridgehead atoms. The average molecular weight is 435 g/mol. The van der Waals surface area contributed by atoms with Crippen molar-refractivity contribution < 1.29 is 19.1 Å². The van der Waals surface area contributed by atoms with Crippen molar-refractivity contribution >= 4 is 27.7 Å². The van der Waals surface area contributed by atoms with Gasteiger partial charge in [0, 0.05) is 4.47 Å². The minimum absolute atomic E-state index is 0.210. The normalized spacial score (nSPS) is 11.4. The summed E-state index contributed by atoms with van der Waals surface area (Å²) in [5, 5.41) is 0. The van der Waals surface area contributed by atoms with Crippen molar-refractivity contribution in [3.63, 3.8) is 0 Å². The van der Waals surface area contributed by atoms with Crippen LogP contribution in [0.15, 0.2) is 46.9 Å². The van der Waals surface area contributed by atoms with Crippen LogP contribution in [0.4, 0.5) is 0 Å². The molecule has 27 heavy (non-hydrogen) atoms. The smallest absolute Gasteiger partial charge is 0.279 e. The van der Waals surface area contributed by atoms with Crippen molar-refractivity contribution in [1.82, 2.24) is 10.9 Å². The zero-order valence-corrected chi connectivity index (χ0v) is 17.1. The van der Waals surface area contributed by atoms with Crippen molar-refractivity contribution in [3.8, 4) is 11.5 Å². The lowest BCUT2D eigenvalue weighted by molar-refractivity contribution is -0.134. The Kier molecular flexibility index (Phi) is 7.67. The molecule has 2 rings (SSSR count). The van der Waals surface area contributed by atoms with Crippen molar-refractivity contribution in [1.29, 1.82) is 0 Å². The highest BCUT2D eigenvalue weighted by Gasteiger charge is 2.19. The molecule has 2 N–H and O–H groups in total. The number of hydrogen-bond donors (Lipinski definition) is 2. The standard InChI is InChI=1S/C20H23BrN2O4/c1-4-17(27-16-7-5-6-13(2)10-16)20(25)23-22-19(24)12-26-18-9-8-15(21)11-14(18)3/h5-11,17H,4,12H2,1-3H3,(H,22,24)(H,23,25). The van der Waals surface area contributed by atoms with Crippen LogP contribution in [0.1, 0.15) is 24.5 Å². The van der Waals surface area contributed by atoms with Gasteiger partial charge in [-0.25, -0.2) is 0 Å². The molecule has 1 atom stereocenters. The Labute approximate surface area is 167 Å². The summed E-state index contributed by atoms with van der Waals surface area (Å²) in [6.45, 7) is 5.45. The fraction of sp³-hybridized carbons (Fsp3) is 0.300. The lowest BCUT2D eigenvalue weighted by Crippen LogP contribution is -2.49. The number of hydrazine groups is 1. The van der Waals surface area contributed by atoms with Crippen LogP contribution in [0, 0.1) is 13.8 Å². The van der Waals surface area contributed by atoms with E-state index in [1.807, 2.05) is 51.1 Å². The van der Waals surface area contributed by atoms with Crippen LogP contribution in [-0.2, 0) is 9.59 Å². The molecule has 0 aliphatic carbocycles. The molecule has 0 saturated carbocycles. The number of nitrogens with one attached hydrogen (secondary N) is 2. The van der Waals surface area contributed by atoms with Gasteiger partial charge in [0.1, 0.15) is 11.5 Å². The Morgan fingerprint density at radius 3 is 2.56 bits per heavy atom. The molecule has 1 unspecified atom stereocenters. The van der Waals surface area contributed by atoms with Crippen LogP contribution in [-0.4, -0.2) is 24.5 Å². The second-order valence-electron chi connectivity index (χ2n) is 6.07. The Morgan fingerprint density at radius 1 is 1.11 bits per heavy atom. The molecule has 0 aromatic heterocycles. The van der Waals surface area contributed by atoms with Crippen molar-refractivity contribution in [2.75, 3.05) is 6.61 Å². The minimum Gasteiger partial charge on any atom is -0.483 e. The third-order valence-electron chi connectivity index (χ3n) is 3.75. The summed E-state index contributed by atoms with van der Waals surface area (Å²) >= 11 is 3.37. The summed E-state index contributed by atoms with van der Waals surface area (Å²) < 4.78 is 12.1. The first kappa shape index (κ1) is 20.8. The quantitative estimate of drug-likeness (QED) is 0.654. The zero-order chi connectivity index (χ0) is 19.8. The van der Waals surface area contributed by atoms with Gasteiger partial charge >= 0.3 is 0 Å². The van der Waals surface area contributed by atoms with Crippen molar-refractivity contribution in [2.45, 2.75) is 33.3 Å². The maximum Gasteiger partial charge on any atom is 0.279 e. The highest BCUT2D eigenvalue weighted by Crippen LogP contribution is 2.22. The number of rotatable bonds is 7. The number of ether oxygens (including phenoxy) is 2. The lowest BCUT2D eigenvalue weighted by Gasteiger charge is -2.18. The lowest BCUT2D eigenvalue weighted by atomic mass is 10.2. The Bertz CT molecular complexity index is 810. The van der Waals surface area contributed by atoms with E-state index in [-0.39, 0.29) is 6.61 Å². The maximum atomic E-state index is 12.2. The number of carbonyl (C=O) groups excluding carboxylic acids is 2. The van der Waals surface area contributed by atoms with Gasteiger partial charge in [-0.05, 0) is 61.7 Å². The Hall–Kier alpha value is -2.54. The average Bonchev–Trinajstić information content (AvgIpc) is 2.63. The molecule has 2 aromatic rings. The van der Waals surface area contributed by atoms with Gasteiger partial charge in [-0.1, -0.05) is 35.0 Å². The molecule has 7 heteroatoms. The molecule has 0 spiro atoms. The van der Waals surface area contributed by atoms with Gasteiger partial charge in [0.25, 0.3) is 11.8 Å². The van der Waals surface area contributed by atoms with Gasteiger partial charge in [0.2, 0.25) is 0 Å². The van der Waals surface area contributed by atoms with Gasteiger partial charge in [0.15, 0.2) is 12.7 Å². The molecule has 0 saturated heterocycles. The zero-order valence-electron chi connectivity index (χ0n) is 15.5. The number of benzene rings is 2. The van der Waals surface area contributed by atoms with E-state index in [2.05, 4.69) is 26.8 Å². The highest BCUT2D eigenvalue weighted by atomic mass is 79.9. The van der Waals surface area contributed by atoms with Crippen LogP contribution < -0.4 is 20.3 Å². The molecule has 6 nitrogen and oxygen atoms in total. The summed E-state index contributed by atoms with van der Waals surface area (Å²) in [6, 6.07) is 12.9. The molecule has 0 heterocycles. The second-order valence-corrected chi connectivity index (χ2v) is 6.98. The molecular formula is C20H23BrN2O4. The predicted octanol–water partition coefficient (Wildman–Crippen LogP) is 3.45. The first-order chi connectivity index (χ1) is 12.9. The van der Waals surface area contributed by atoms with Crippen molar-refractivity contribution in [2.24, 2.45) is 0 Å². The molecule has 0 radical (unpaired) electrons. The SMILES string of the molecule is CCC(Oc1cccc(C)c1)C(=O)NNC(=O)COc1ccc(Br)cc1C. The minimum atomic E-state index is -0.707. The van der Waals surface area contributed by atoms with Gasteiger partial charge in [0.05, 0.1) is 0 Å². The Morgan fingerprint density at radius 2 is 1.89 bits per heavy atom. The van der Waals surface area contributed by atoms with E-state index in [1.165, 1.54) is 0 Å². The van der Waals surface area contributed by atoms with E-state index in [0.29, 0.717) is 17.9 Å². The summed E-state index contributed by atoms with van der Waals surface area (Å²) in [7, 11) is 0. The highest BCUT2D eigenvalue weighted by molar-refractivity contribution is 9.10. The summed E-state index contributed by atoms with van der Waals surface area (Å²) in [5.74, 6) is 0.328. The fourth-order valence-electron chi connectivity index (χ4n) is 2.34. The first-order valence-corrected chi connectivity index (χ1v) is 9.39. The summed E-state index contributed by atoms with van der Waals surface area (Å²) in [6.07, 6.45) is -0.244. The Balaban J connectivity index is 1.81. The van der Waals surface area contributed by atoms with Crippen LogP contribution in [0.5, 0.6) is 11.5 Å². The van der Waals surface area contributed by atoms with Crippen LogP contribution >= 0.6 is 15.9 Å². The first-order valence-electron chi connectivity index (χ1n) is 8.60. The van der Waals surface area contributed by atoms with E-state index < -0.39 is 17.9 Å². The van der Waals surface area contributed by atoms with E-state index in [4.69, 9.17) is 9.47 Å². The van der Waals surface area contributed by atoms with E-state index in [9.17, 15) is 9.59 Å². The molecule has 144 valence electrons. The fourth-order valence-corrected chi connectivity index (χ4v) is 2.82. The molecule has 0 fully saturated rings. The largest absolute Gasteiger partial charge is 0.483 e. The third-order valence-corrected chi connectivity index (χ3v) is 4.25. The second kappa shape index (κ2) is 9.97.